The number of anilines is 1. The number of halogens is 2. The molecular weight excluding hydrogens is 267 g/mol. The lowest BCUT2D eigenvalue weighted by atomic mass is 9.82. The summed E-state index contributed by atoms with van der Waals surface area (Å²) in [6, 6.07) is 1.93. The SMILES string of the molecule is CCC1(CC)CCN(c2ncc(CCl)cc2Cl)C1. The van der Waals surface area contributed by atoms with Crippen molar-refractivity contribution in [2.24, 2.45) is 5.41 Å². The lowest BCUT2D eigenvalue weighted by Gasteiger charge is -2.27. The smallest absolute Gasteiger partial charge is 0.147 e. The predicted molar refractivity (Wildman–Crippen MR) is 78.6 cm³/mol. The van der Waals surface area contributed by atoms with Crippen LogP contribution in [0.2, 0.25) is 5.02 Å². The van der Waals surface area contributed by atoms with Gasteiger partial charge in [-0.25, -0.2) is 4.98 Å². The molecule has 2 nitrogen and oxygen atoms in total. The second-order valence-electron chi connectivity index (χ2n) is 5.16. The summed E-state index contributed by atoms with van der Waals surface area (Å²) in [5, 5.41) is 0.719. The zero-order valence-corrected chi connectivity index (χ0v) is 12.6. The first-order chi connectivity index (χ1) is 8.64. The first-order valence-electron chi connectivity index (χ1n) is 6.59. The number of hydrogen-bond donors (Lipinski definition) is 0. The highest BCUT2D eigenvalue weighted by Gasteiger charge is 2.36. The van der Waals surface area contributed by atoms with Gasteiger partial charge in [0, 0.05) is 25.2 Å². The zero-order chi connectivity index (χ0) is 13.2. The molecule has 100 valence electrons. The minimum absolute atomic E-state index is 0.441. The molecule has 1 aromatic heterocycles. The molecule has 2 heterocycles. The van der Waals surface area contributed by atoms with Crippen molar-refractivity contribution < 1.29 is 0 Å². The molecule has 1 saturated heterocycles. The third-order valence-corrected chi connectivity index (χ3v) is 4.86. The first-order valence-corrected chi connectivity index (χ1v) is 7.50. The molecule has 0 bridgehead atoms. The van der Waals surface area contributed by atoms with Gasteiger partial charge in [-0.3, -0.25) is 0 Å². The summed E-state index contributed by atoms with van der Waals surface area (Å²) in [7, 11) is 0. The van der Waals surface area contributed by atoms with Crippen LogP contribution in [-0.4, -0.2) is 18.1 Å². The summed E-state index contributed by atoms with van der Waals surface area (Å²) in [5.41, 5.74) is 1.41. The Morgan fingerprint density at radius 2 is 2.11 bits per heavy atom. The molecule has 0 spiro atoms. The molecule has 0 N–H and O–H groups in total. The van der Waals surface area contributed by atoms with Crippen LogP contribution in [0.25, 0.3) is 0 Å². The maximum atomic E-state index is 6.30. The van der Waals surface area contributed by atoms with Crippen molar-refractivity contribution in [3.63, 3.8) is 0 Å². The molecule has 0 atom stereocenters. The van der Waals surface area contributed by atoms with Gasteiger partial charge in [0.1, 0.15) is 5.82 Å². The minimum Gasteiger partial charge on any atom is -0.355 e. The lowest BCUT2D eigenvalue weighted by Crippen LogP contribution is -2.26. The van der Waals surface area contributed by atoms with Gasteiger partial charge in [0.25, 0.3) is 0 Å². The second-order valence-corrected chi connectivity index (χ2v) is 5.84. The maximum Gasteiger partial charge on any atom is 0.147 e. The van der Waals surface area contributed by atoms with Crippen molar-refractivity contribution in [1.29, 1.82) is 0 Å². The van der Waals surface area contributed by atoms with Gasteiger partial charge >= 0.3 is 0 Å². The van der Waals surface area contributed by atoms with Gasteiger partial charge in [-0.1, -0.05) is 25.4 Å². The molecule has 0 radical (unpaired) electrons. The molecule has 1 aliphatic rings. The molecule has 1 aliphatic heterocycles. The Bertz CT molecular complexity index is 416. The number of hydrogen-bond acceptors (Lipinski definition) is 2. The van der Waals surface area contributed by atoms with E-state index < -0.39 is 0 Å². The van der Waals surface area contributed by atoms with E-state index in [-0.39, 0.29) is 0 Å². The van der Waals surface area contributed by atoms with Gasteiger partial charge in [0.15, 0.2) is 0 Å². The Balaban J connectivity index is 2.19. The fraction of sp³-hybridized carbons (Fsp3) is 0.643. The molecule has 4 heteroatoms. The minimum atomic E-state index is 0.441. The van der Waals surface area contributed by atoms with Crippen LogP contribution in [-0.2, 0) is 5.88 Å². The second kappa shape index (κ2) is 5.66. The molecule has 0 saturated carbocycles. The van der Waals surface area contributed by atoms with Gasteiger partial charge in [-0.2, -0.15) is 0 Å². The molecule has 0 aromatic carbocycles. The Morgan fingerprint density at radius 3 is 2.61 bits per heavy atom. The topological polar surface area (TPSA) is 16.1 Å². The van der Waals surface area contributed by atoms with Crippen molar-refractivity contribution in [3.8, 4) is 0 Å². The van der Waals surface area contributed by atoms with E-state index >= 15 is 0 Å². The number of pyridine rings is 1. The van der Waals surface area contributed by atoms with E-state index in [2.05, 4.69) is 23.7 Å². The van der Waals surface area contributed by atoms with E-state index in [1.807, 2.05) is 12.3 Å². The van der Waals surface area contributed by atoms with E-state index in [0.717, 1.165) is 29.5 Å². The number of rotatable bonds is 4. The Morgan fingerprint density at radius 1 is 1.39 bits per heavy atom. The van der Waals surface area contributed by atoms with Crippen molar-refractivity contribution in [1.82, 2.24) is 4.98 Å². The Labute approximate surface area is 119 Å². The molecule has 2 rings (SSSR count). The number of alkyl halides is 1. The monoisotopic (exact) mass is 286 g/mol. The van der Waals surface area contributed by atoms with Crippen molar-refractivity contribution in [2.45, 2.75) is 39.0 Å². The average Bonchev–Trinajstić information content (AvgIpc) is 2.83. The largest absolute Gasteiger partial charge is 0.355 e. The maximum absolute atomic E-state index is 6.30. The quantitative estimate of drug-likeness (QED) is 0.758. The highest BCUT2D eigenvalue weighted by atomic mass is 35.5. The molecule has 18 heavy (non-hydrogen) atoms. The van der Waals surface area contributed by atoms with Gasteiger partial charge in [0.05, 0.1) is 5.02 Å². The normalized spacial score (nSPS) is 18.3. The van der Waals surface area contributed by atoms with E-state index in [1.54, 1.807) is 0 Å². The summed E-state index contributed by atoms with van der Waals surface area (Å²) < 4.78 is 0. The van der Waals surface area contributed by atoms with Crippen LogP contribution in [0.4, 0.5) is 5.82 Å². The van der Waals surface area contributed by atoms with E-state index in [1.165, 1.54) is 19.3 Å². The highest BCUT2D eigenvalue weighted by Crippen LogP contribution is 2.40. The van der Waals surface area contributed by atoms with Gasteiger partial charge < -0.3 is 4.90 Å². The average molecular weight is 287 g/mol. The van der Waals surface area contributed by atoms with Crippen molar-refractivity contribution in [3.05, 3.63) is 22.8 Å². The van der Waals surface area contributed by atoms with Crippen molar-refractivity contribution in [2.75, 3.05) is 18.0 Å². The van der Waals surface area contributed by atoms with E-state index in [4.69, 9.17) is 23.2 Å². The van der Waals surface area contributed by atoms with Crippen molar-refractivity contribution >= 4 is 29.0 Å². The van der Waals surface area contributed by atoms with E-state index in [9.17, 15) is 0 Å². The van der Waals surface area contributed by atoms with Gasteiger partial charge in [-0.15, -0.1) is 11.6 Å². The third kappa shape index (κ3) is 2.60. The van der Waals surface area contributed by atoms with Crippen LogP contribution >= 0.6 is 23.2 Å². The fourth-order valence-corrected chi connectivity index (χ4v) is 3.17. The van der Waals surface area contributed by atoms with Crippen LogP contribution < -0.4 is 4.90 Å². The predicted octanol–water partition coefficient (Wildman–Crippen LogP) is 4.49. The molecule has 0 unspecified atom stereocenters. The first kappa shape index (κ1) is 14.0. The van der Waals surface area contributed by atoms with Gasteiger partial charge in [-0.05, 0) is 36.3 Å². The highest BCUT2D eigenvalue weighted by molar-refractivity contribution is 6.33. The Hall–Kier alpha value is -0.470. The third-order valence-electron chi connectivity index (χ3n) is 4.27. The standard InChI is InChI=1S/C14H20Cl2N2/c1-3-14(4-2)5-6-18(10-14)13-12(16)7-11(8-15)9-17-13/h7,9H,3-6,8,10H2,1-2H3. The summed E-state index contributed by atoms with van der Waals surface area (Å²) in [6.07, 6.45) is 5.50. The number of aromatic nitrogens is 1. The molecule has 0 aliphatic carbocycles. The molecular formula is C14H20Cl2N2. The van der Waals surface area contributed by atoms with Crippen LogP contribution in [0, 0.1) is 5.41 Å². The Kier molecular flexibility index (Phi) is 4.39. The summed E-state index contributed by atoms with van der Waals surface area (Å²) in [5.74, 6) is 1.37. The lowest BCUT2D eigenvalue weighted by molar-refractivity contribution is 0.301. The van der Waals surface area contributed by atoms with Crippen LogP contribution in [0.1, 0.15) is 38.7 Å². The molecule has 0 amide bonds. The fourth-order valence-electron chi connectivity index (χ4n) is 2.72. The summed E-state index contributed by atoms with van der Waals surface area (Å²) >= 11 is 12.1. The van der Waals surface area contributed by atoms with Crippen LogP contribution in [0.3, 0.4) is 0 Å². The molecule has 1 fully saturated rings. The van der Waals surface area contributed by atoms with E-state index in [0.29, 0.717) is 11.3 Å². The van der Waals surface area contributed by atoms with Gasteiger partial charge in [0.2, 0.25) is 0 Å². The summed E-state index contributed by atoms with van der Waals surface area (Å²) in [4.78, 5) is 6.79. The zero-order valence-electron chi connectivity index (χ0n) is 11.0. The summed E-state index contributed by atoms with van der Waals surface area (Å²) in [6.45, 7) is 6.67. The van der Waals surface area contributed by atoms with Crippen LogP contribution in [0.15, 0.2) is 12.3 Å². The molecule has 1 aromatic rings. The van der Waals surface area contributed by atoms with Crippen LogP contribution in [0.5, 0.6) is 0 Å². The number of nitrogens with zero attached hydrogens (tertiary/aromatic N) is 2.